The summed E-state index contributed by atoms with van der Waals surface area (Å²) in [7, 11) is -3.35. The number of carbonyl (C=O) groups is 1. The smallest absolute Gasteiger partial charge is 0.240 e. The maximum absolute atomic E-state index is 12.9. The first-order chi connectivity index (χ1) is 23.2. The molecule has 2 aromatic carbocycles. The van der Waals surface area contributed by atoms with Crippen molar-refractivity contribution in [3.05, 3.63) is 74.9 Å². The summed E-state index contributed by atoms with van der Waals surface area (Å²) >= 11 is 6.66. The van der Waals surface area contributed by atoms with Gasteiger partial charge in [-0.2, -0.15) is 9.40 Å². The lowest BCUT2D eigenvalue weighted by Crippen LogP contribution is -2.48. The summed E-state index contributed by atoms with van der Waals surface area (Å²) in [6, 6.07) is 11.8. The molecule has 0 radical (unpaired) electrons. The highest BCUT2D eigenvalue weighted by molar-refractivity contribution is 7.88. The first-order valence-electron chi connectivity index (χ1n) is 17.0. The molecule has 4 aliphatic heterocycles. The molecule has 4 aliphatic rings. The molecule has 0 saturated carbocycles. The number of rotatable bonds is 7. The predicted octanol–water partition coefficient (Wildman–Crippen LogP) is 3.28. The second-order valence-electron chi connectivity index (χ2n) is 13.2. The van der Waals surface area contributed by atoms with Gasteiger partial charge in [-0.05, 0) is 61.1 Å². The molecule has 12 heteroatoms. The fraction of sp³-hybridized carbons (Fsp3) is 0.500. The highest BCUT2D eigenvalue weighted by atomic mass is 35.5. The Morgan fingerprint density at radius 3 is 2.62 bits per heavy atom. The summed E-state index contributed by atoms with van der Waals surface area (Å²) in [4.78, 5) is 17.3. The molecular weight excluding hydrogens is 648 g/mol. The van der Waals surface area contributed by atoms with Gasteiger partial charge in [-0.15, -0.1) is 0 Å². The summed E-state index contributed by atoms with van der Waals surface area (Å²) in [5, 5.41) is 9.05. The van der Waals surface area contributed by atoms with Crippen LogP contribution in [0.1, 0.15) is 52.8 Å². The van der Waals surface area contributed by atoms with Gasteiger partial charge in [0, 0.05) is 93.3 Å². The molecule has 10 nitrogen and oxygen atoms in total. The molecule has 48 heavy (non-hydrogen) atoms. The zero-order valence-corrected chi connectivity index (χ0v) is 29.1. The lowest BCUT2D eigenvalue weighted by atomic mass is 9.93. The molecule has 0 unspecified atom stereocenters. The Bertz CT molecular complexity index is 1850. The van der Waals surface area contributed by atoms with Crippen LogP contribution < -0.4 is 5.32 Å². The van der Waals surface area contributed by atoms with E-state index in [1.54, 1.807) is 0 Å². The number of hydrogen-bond donors (Lipinski definition) is 1. The SMILES string of the molecule is CS(=O)(=O)N1CCc2c(c(-c3ccc(Cl)c(C#Cc4ccc5c(c4)CN[C@@H](C(=O)N4CCCC4)C5)c3)nn2CCCN2CCOCC2)C1. The minimum atomic E-state index is -3.35. The third kappa shape index (κ3) is 7.34. The molecule has 1 aromatic heterocycles. The van der Waals surface area contributed by atoms with E-state index in [1.807, 2.05) is 29.2 Å². The number of aromatic nitrogens is 2. The van der Waals surface area contributed by atoms with Gasteiger partial charge in [-0.1, -0.05) is 35.6 Å². The monoisotopic (exact) mass is 690 g/mol. The van der Waals surface area contributed by atoms with Crippen molar-refractivity contribution in [2.45, 2.75) is 57.8 Å². The van der Waals surface area contributed by atoms with Crippen molar-refractivity contribution < 1.29 is 17.9 Å². The predicted molar refractivity (Wildman–Crippen MR) is 186 cm³/mol. The first kappa shape index (κ1) is 33.3. The van der Waals surface area contributed by atoms with Crippen LogP contribution in [0.3, 0.4) is 0 Å². The number of hydrogen-bond acceptors (Lipinski definition) is 7. The number of benzene rings is 2. The fourth-order valence-corrected chi connectivity index (χ4v) is 8.22. The van der Waals surface area contributed by atoms with E-state index in [-0.39, 0.29) is 11.9 Å². The van der Waals surface area contributed by atoms with Crippen LogP contribution in [0.4, 0.5) is 0 Å². The molecule has 1 N–H and O–H groups in total. The van der Waals surface area contributed by atoms with Crippen molar-refractivity contribution in [3.63, 3.8) is 0 Å². The minimum Gasteiger partial charge on any atom is -0.379 e. The first-order valence-corrected chi connectivity index (χ1v) is 19.3. The molecular formula is C36H43ClN6O4S. The summed E-state index contributed by atoms with van der Waals surface area (Å²) in [6.45, 7) is 8.28. The maximum atomic E-state index is 12.9. The van der Waals surface area contributed by atoms with E-state index in [2.05, 4.69) is 38.9 Å². The van der Waals surface area contributed by atoms with Gasteiger partial charge in [0.05, 0.1) is 36.2 Å². The molecule has 7 rings (SSSR count). The van der Waals surface area contributed by atoms with Gasteiger partial charge in [0.1, 0.15) is 0 Å². The standard InChI is InChI=1S/C36H43ClN6O4S/c1-48(45,46)42-16-11-34-31(25-42)35(39-43(34)15-4-12-40-17-19-47-20-18-40)29-9-10-32(37)28(22-29)8-6-26-5-7-27-23-33(38-24-30(27)21-26)36(44)41-13-2-3-14-41/h5,7,9-10,21-22,33,38H,2-4,11-20,23-25H2,1H3/t33-/m1/s1. The lowest BCUT2D eigenvalue weighted by molar-refractivity contribution is -0.132. The second-order valence-corrected chi connectivity index (χ2v) is 15.6. The average molecular weight is 691 g/mol. The largest absolute Gasteiger partial charge is 0.379 e. The number of sulfonamides is 1. The highest BCUT2D eigenvalue weighted by Crippen LogP contribution is 2.33. The van der Waals surface area contributed by atoms with Crippen molar-refractivity contribution >= 4 is 27.5 Å². The van der Waals surface area contributed by atoms with Crippen molar-refractivity contribution in [1.82, 2.24) is 29.2 Å². The number of morpholine rings is 1. The number of ether oxygens (including phenoxy) is 1. The van der Waals surface area contributed by atoms with Gasteiger partial charge >= 0.3 is 0 Å². The van der Waals surface area contributed by atoms with Crippen LogP contribution in [0, 0.1) is 11.8 Å². The minimum absolute atomic E-state index is 0.169. The van der Waals surface area contributed by atoms with E-state index in [0.29, 0.717) is 43.1 Å². The number of fused-ring (bicyclic) bond motifs is 2. The Morgan fingerprint density at radius 2 is 1.83 bits per heavy atom. The number of nitrogens with one attached hydrogen (secondary N) is 1. The normalized spacial score (nSPS) is 20.2. The van der Waals surface area contributed by atoms with Crippen LogP contribution in [0.15, 0.2) is 36.4 Å². The van der Waals surface area contributed by atoms with E-state index < -0.39 is 10.0 Å². The van der Waals surface area contributed by atoms with Crippen LogP contribution in [0.25, 0.3) is 11.3 Å². The summed E-state index contributed by atoms with van der Waals surface area (Å²) < 4.78 is 34.2. The van der Waals surface area contributed by atoms with Gasteiger partial charge in [0.2, 0.25) is 15.9 Å². The average Bonchev–Trinajstić information content (AvgIpc) is 3.76. The zero-order chi connectivity index (χ0) is 33.3. The molecule has 0 spiro atoms. The lowest BCUT2D eigenvalue weighted by Gasteiger charge is -2.29. The molecule has 5 heterocycles. The third-order valence-electron chi connectivity index (χ3n) is 9.98. The molecule has 1 atom stereocenters. The van der Waals surface area contributed by atoms with E-state index in [1.165, 1.54) is 16.1 Å². The topological polar surface area (TPSA) is 100 Å². The molecule has 0 aliphatic carbocycles. The van der Waals surface area contributed by atoms with Gasteiger partial charge in [0.25, 0.3) is 0 Å². The van der Waals surface area contributed by atoms with Crippen molar-refractivity contribution in [3.8, 4) is 23.1 Å². The molecule has 2 fully saturated rings. The number of carbonyl (C=O) groups excluding carboxylic acids is 1. The van der Waals surface area contributed by atoms with Crippen LogP contribution in [0.5, 0.6) is 0 Å². The highest BCUT2D eigenvalue weighted by Gasteiger charge is 2.31. The summed E-state index contributed by atoms with van der Waals surface area (Å²) in [5.74, 6) is 6.79. The van der Waals surface area contributed by atoms with E-state index in [9.17, 15) is 13.2 Å². The quantitative estimate of drug-likeness (QED) is 0.380. The number of aryl methyl sites for hydroxylation is 1. The maximum Gasteiger partial charge on any atom is 0.240 e. The van der Waals surface area contributed by atoms with Gasteiger partial charge in [-0.3, -0.25) is 14.4 Å². The zero-order valence-electron chi connectivity index (χ0n) is 27.5. The summed E-state index contributed by atoms with van der Waals surface area (Å²) in [6.07, 6.45) is 5.71. The Kier molecular flexibility index (Phi) is 9.92. The van der Waals surface area contributed by atoms with E-state index in [4.69, 9.17) is 21.4 Å². The second kappa shape index (κ2) is 14.3. The van der Waals surface area contributed by atoms with Gasteiger partial charge in [0.15, 0.2) is 0 Å². The number of likely N-dealkylation sites (tertiary alicyclic amines) is 1. The number of halogens is 1. The van der Waals surface area contributed by atoms with Crippen molar-refractivity contribution in [2.24, 2.45) is 0 Å². The number of amides is 1. The molecule has 254 valence electrons. The van der Waals surface area contributed by atoms with Crippen LogP contribution in [-0.4, -0.2) is 103 Å². The van der Waals surface area contributed by atoms with Crippen molar-refractivity contribution in [2.75, 3.05) is 58.7 Å². The summed E-state index contributed by atoms with van der Waals surface area (Å²) in [5.41, 5.74) is 7.61. The fourth-order valence-electron chi connectivity index (χ4n) is 7.27. The van der Waals surface area contributed by atoms with Crippen molar-refractivity contribution in [1.29, 1.82) is 0 Å². The molecule has 1 amide bonds. The third-order valence-corrected chi connectivity index (χ3v) is 11.6. The molecule has 2 saturated heterocycles. The van der Waals surface area contributed by atoms with E-state index in [0.717, 1.165) is 105 Å². The van der Waals surface area contributed by atoms with Crippen LogP contribution in [0.2, 0.25) is 5.02 Å². The molecule has 3 aromatic rings. The Labute approximate surface area is 288 Å². The Balaban J connectivity index is 1.11. The number of nitrogens with zero attached hydrogens (tertiary/aromatic N) is 5. The van der Waals surface area contributed by atoms with Crippen LogP contribution in [-0.2, 0) is 52.0 Å². The van der Waals surface area contributed by atoms with E-state index >= 15 is 0 Å². The Hall–Kier alpha value is -3.24. The Morgan fingerprint density at radius 1 is 1.02 bits per heavy atom. The molecule has 0 bridgehead atoms. The van der Waals surface area contributed by atoms with Gasteiger partial charge < -0.3 is 15.0 Å². The van der Waals surface area contributed by atoms with Crippen LogP contribution >= 0.6 is 11.6 Å². The van der Waals surface area contributed by atoms with Gasteiger partial charge in [-0.25, -0.2) is 8.42 Å².